The van der Waals surface area contributed by atoms with Crippen LogP contribution < -0.4 is 9.86 Å². The van der Waals surface area contributed by atoms with Crippen LogP contribution in [0.3, 0.4) is 0 Å². The number of rotatable bonds is 6. The van der Waals surface area contributed by atoms with Gasteiger partial charge in [0.1, 0.15) is 5.69 Å². The fourth-order valence-corrected chi connectivity index (χ4v) is 4.43. The molecule has 0 radical (unpaired) electrons. The van der Waals surface area contributed by atoms with Crippen LogP contribution in [0.1, 0.15) is 11.3 Å². The van der Waals surface area contributed by atoms with Gasteiger partial charge in [-0.2, -0.15) is 12.7 Å². The van der Waals surface area contributed by atoms with Crippen LogP contribution in [-0.4, -0.2) is 36.2 Å². The van der Waals surface area contributed by atoms with Crippen LogP contribution >= 0.6 is 11.6 Å². The molecule has 3 rings (SSSR count). The second-order valence-electron chi connectivity index (χ2n) is 6.80. The van der Waals surface area contributed by atoms with Gasteiger partial charge in [-0.15, -0.1) is 0 Å². The molecule has 0 N–H and O–H groups in total. The van der Waals surface area contributed by atoms with E-state index in [0.717, 1.165) is 8.61 Å². The predicted octanol–water partition coefficient (Wildman–Crippen LogP) is 2.95. The summed E-state index contributed by atoms with van der Waals surface area (Å²) < 4.78 is 31.6. The summed E-state index contributed by atoms with van der Waals surface area (Å²) in [5, 5.41) is 0.434. The largest absolute Gasteiger partial charge is 0.304 e. The molecule has 9 heteroatoms. The van der Waals surface area contributed by atoms with Crippen molar-refractivity contribution in [3.63, 3.8) is 0 Å². The molecule has 1 aromatic heterocycles. The lowest BCUT2D eigenvalue weighted by molar-refractivity contribution is 0.514. The van der Waals surface area contributed by atoms with Crippen LogP contribution in [-0.2, 0) is 23.8 Å². The summed E-state index contributed by atoms with van der Waals surface area (Å²) in [5.74, 6) is 0. The van der Waals surface area contributed by atoms with E-state index in [1.807, 2.05) is 18.2 Å². The van der Waals surface area contributed by atoms with E-state index < -0.39 is 15.8 Å². The molecule has 0 spiro atoms. The number of anilines is 1. The highest BCUT2D eigenvalue weighted by atomic mass is 35.5. The zero-order valence-corrected chi connectivity index (χ0v) is 18.3. The summed E-state index contributed by atoms with van der Waals surface area (Å²) in [6, 6.07) is 16.1. The van der Waals surface area contributed by atoms with Gasteiger partial charge in [-0.3, -0.25) is 9.48 Å². The highest BCUT2D eigenvalue weighted by Crippen LogP contribution is 2.26. The number of hydrogen-bond donors (Lipinski definition) is 0. The van der Waals surface area contributed by atoms with Crippen molar-refractivity contribution < 1.29 is 8.42 Å². The molecule has 2 aromatic carbocycles. The molecule has 1 heterocycles. The van der Waals surface area contributed by atoms with Gasteiger partial charge in [-0.25, -0.2) is 8.99 Å². The Hall–Kier alpha value is -2.55. The third-order valence-corrected chi connectivity index (χ3v) is 6.95. The minimum absolute atomic E-state index is 0.0604. The zero-order valence-electron chi connectivity index (χ0n) is 16.7. The van der Waals surface area contributed by atoms with E-state index in [1.165, 1.54) is 18.8 Å². The zero-order chi connectivity index (χ0) is 21.3. The lowest BCUT2D eigenvalue weighted by Crippen LogP contribution is -2.42. The van der Waals surface area contributed by atoms with Crippen molar-refractivity contribution in [1.29, 1.82) is 0 Å². The fraction of sp³-hybridized carbons (Fsp3) is 0.250. The van der Waals surface area contributed by atoms with Crippen molar-refractivity contribution in [2.75, 3.05) is 18.4 Å². The molecule has 0 saturated carbocycles. The Kier molecular flexibility index (Phi) is 5.88. The molecule has 0 amide bonds. The maximum atomic E-state index is 13.4. The van der Waals surface area contributed by atoms with Gasteiger partial charge >= 0.3 is 10.2 Å². The summed E-state index contributed by atoms with van der Waals surface area (Å²) in [6.45, 7) is 1.66. The smallest absolute Gasteiger partial charge is 0.283 e. The summed E-state index contributed by atoms with van der Waals surface area (Å²) in [7, 11) is 0.636. The molecule has 3 aromatic rings. The monoisotopic (exact) mass is 434 g/mol. The van der Waals surface area contributed by atoms with Gasteiger partial charge < -0.3 is 0 Å². The van der Waals surface area contributed by atoms with Crippen molar-refractivity contribution in [3.8, 4) is 5.69 Å². The maximum absolute atomic E-state index is 13.4. The second kappa shape index (κ2) is 8.06. The van der Waals surface area contributed by atoms with E-state index >= 15 is 0 Å². The molecule has 0 unspecified atom stereocenters. The molecule has 29 heavy (non-hydrogen) atoms. The van der Waals surface area contributed by atoms with Crippen LogP contribution in [0.25, 0.3) is 5.69 Å². The van der Waals surface area contributed by atoms with Gasteiger partial charge in [0, 0.05) is 26.2 Å². The molecule has 0 bridgehead atoms. The number of benzene rings is 2. The topological polar surface area (TPSA) is 67.6 Å². The average molecular weight is 435 g/mol. The normalized spacial score (nSPS) is 11.8. The van der Waals surface area contributed by atoms with Crippen molar-refractivity contribution in [3.05, 3.63) is 81.2 Å². The van der Waals surface area contributed by atoms with Crippen molar-refractivity contribution in [2.24, 2.45) is 7.05 Å². The molecule has 0 aliphatic rings. The summed E-state index contributed by atoms with van der Waals surface area (Å²) in [6.07, 6.45) is 0. The molecular weight excluding hydrogens is 412 g/mol. The standard InChI is InChI=1S/C20H23ClN4O3S/c1-15-19(20(26)25(23(15)4)17-11-6-5-7-12-17)24(29(27,28)22(2)3)14-16-10-8-9-13-18(16)21/h5-13H,14H2,1-4H3. The molecular formula is C20H23ClN4O3S. The Balaban J connectivity index is 2.25. The van der Waals surface area contributed by atoms with Gasteiger partial charge in [-0.1, -0.05) is 48.0 Å². The molecule has 154 valence electrons. The maximum Gasteiger partial charge on any atom is 0.304 e. The minimum atomic E-state index is -3.96. The Morgan fingerprint density at radius 2 is 1.59 bits per heavy atom. The number of nitrogens with zero attached hydrogens (tertiary/aromatic N) is 4. The first kappa shape index (κ1) is 21.2. The third-order valence-electron chi connectivity index (χ3n) is 4.78. The first-order chi connectivity index (χ1) is 13.7. The van der Waals surface area contributed by atoms with E-state index in [-0.39, 0.29) is 12.2 Å². The number of halogens is 1. The van der Waals surface area contributed by atoms with Crippen molar-refractivity contribution in [2.45, 2.75) is 13.5 Å². The van der Waals surface area contributed by atoms with Crippen LogP contribution in [0.15, 0.2) is 59.4 Å². The van der Waals surface area contributed by atoms with Crippen LogP contribution in [0.2, 0.25) is 5.02 Å². The molecule has 0 fully saturated rings. The highest BCUT2D eigenvalue weighted by Gasteiger charge is 2.32. The summed E-state index contributed by atoms with van der Waals surface area (Å²) >= 11 is 6.27. The van der Waals surface area contributed by atoms with Crippen molar-refractivity contribution >= 4 is 27.5 Å². The van der Waals surface area contributed by atoms with Gasteiger partial charge in [0.05, 0.1) is 17.9 Å². The Morgan fingerprint density at radius 1 is 1.00 bits per heavy atom. The van der Waals surface area contributed by atoms with E-state index in [0.29, 0.717) is 22.0 Å². The Labute approximate surface area is 175 Å². The molecule has 7 nitrogen and oxygen atoms in total. The number of aromatic nitrogens is 2. The Bertz CT molecular complexity index is 1180. The molecule has 0 saturated heterocycles. The van der Waals surface area contributed by atoms with Crippen LogP contribution in [0, 0.1) is 6.92 Å². The average Bonchev–Trinajstić information content (AvgIpc) is 2.90. The van der Waals surface area contributed by atoms with Crippen LogP contribution in [0.4, 0.5) is 5.69 Å². The lowest BCUT2D eigenvalue weighted by Gasteiger charge is -2.26. The molecule has 0 atom stereocenters. The van der Waals surface area contributed by atoms with E-state index in [2.05, 4.69) is 0 Å². The SMILES string of the molecule is Cc1c(N(Cc2ccccc2Cl)S(=O)(=O)N(C)C)c(=O)n(-c2ccccc2)n1C. The number of para-hydroxylation sites is 1. The quantitative estimate of drug-likeness (QED) is 0.599. The number of hydrogen-bond acceptors (Lipinski definition) is 3. The first-order valence-electron chi connectivity index (χ1n) is 8.94. The van der Waals surface area contributed by atoms with E-state index in [9.17, 15) is 13.2 Å². The molecule has 0 aliphatic carbocycles. The van der Waals surface area contributed by atoms with Gasteiger partial charge in [0.25, 0.3) is 5.56 Å². The van der Waals surface area contributed by atoms with E-state index in [4.69, 9.17) is 11.6 Å². The molecule has 0 aliphatic heterocycles. The lowest BCUT2D eigenvalue weighted by atomic mass is 10.2. The third kappa shape index (κ3) is 3.83. The predicted molar refractivity (Wildman–Crippen MR) is 116 cm³/mol. The van der Waals surface area contributed by atoms with Crippen LogP contribution in [0.5, 0.6) is 0 Å². The summed E-state index contributed by atoms with van der Waals surface area (Å²) in [4.78, 5) is 13.4. The van der Waals surface area contributed by atoms with E-state index in [1.54, 1.807) is 55.1 Å². The van der Waals surface area contributed by atoms with Gasteiger partial charge in [-0.05, 0) is 30.7 Å². The summed E-state index contributed by atoms with van der Waals surface area (Å²) in [5.41, 5.74) is 1.44. The Morgan fingerprint density at radius 3 is 2.17 bits per heavy atom. The van der Waals surface area contributed by atoms with Gasteiger partial charge in [0.15, 0.2) is 0 Å². The first-order valence-corrected chi connectivity index (χ1v) is 10.7. The minimum Gasteiger partial charge on any atom is -0.283 e. The highest BCUT2D eigenvalue weighted by molar-refractivity contribution is 7.90. The fourth-order valence-electron chi connectivity index (χ4n) is 3.10. The van der Waals surface area contributed by atoms with Crippen molar-refractivity contribution in [1.82, 2.24) is 13.7 Å². The van der Waals surface area contributed by atoms with Gasteiger partial charge in [0.2, 0.25) is 0 Å². The second-order valence-corrected chi connectivity index (χ2v) is 9.27.